The van der Waals surface area contributed by atoms with Crippen LogP contribution in [0.1, 0.15) is 20.7 Å². The smallest absolute Gasteiger partial charge is 0.337 e. The fourth-order valence-electron chi connectivity index (χ4n) is 2.68. The first-order valence-corrected chi connectivity index (χ1v) is 8.95. The summed E-state index contributed by atoms with van der Waals surface area (Å²) < 4.78 is 12.7. The summed E-state index contributed by atoms with van der Waals surface area (Å²) in [6.45, 7) is 4.25. The van der Waals surface area contributed by atoms with Gasteiger partial charge in [-0.3, -0.25) is 4.79 Å². The van der Waals surface area contributed by atoms with Gasteiger partial charge in [0.25, 0.3) is 5.91 Å². The quantitative estimate of drug-likeness (QED) is 0.501. The lowest BCUT2D eigenvalue weighted by Crippen LogP contribution is -2.16. The zero-order valence-electron chi connectivity index (χ0n) is 15.0. The van der Waals surface area contributed by atoms with Gasteiger partial charge in [-0.2, -0.15) is 4.99 Å². The molecule has 1 heterocycles. The minimum absolute atomic E-state index is 0.387. The third-order valence-corrected chi connectivity index (χ3v) is 4.99. The number of benzene rings is 2. The predicted molar refractivity (Wildman–Crippen MR) is 104 cm³/mol. The fourth-order valence-corrected chi connectivity index (χ4v) is 3.75. The molecule has 0 saturated heterocycles. The van der Waals surface area contributed by atoms with Crippen molar-refractivity contribution in [3.05, 3.63) is 71.0 Å². The van der Waals surface area contributed by atoms with E-state index in [1.54, 1.807) is 42.5 Å². The summed E-state index contributed by atoms with van der Waals surface area (Å²) in [6, 6.07) is 12.2. The molecule has 0 spiro atoms. The average molecular weight is 382 g/mol. The second-order valence-corrected chi connectivity index (χ2v) is 6.58. The van der Waals surface area contributed by atoms with Crippen molar-refractivity contribution in [2.24, 2.45) is 4.99 Å². The van der Waals surface area contributed by atoms with Crippen LogP contribution >= 0.6 is 11.3 Å². The molecule has 0 bridgehead atoms. The average Bonchev–Trinajstić information content (AvgIpc) is 3.03. The Labute approximate surface area is 160 Å². The summed E-state index contributed by atoms with van der Waals surface area (Å²) >= 11 is 1.32. The minimum Gasteiger partial charge on any atom is -0.496 e. The van der Waals surface area contributed by atoms with Crippen molar-refractivity contribution in [1.82, 2.24) is 4.57 Å². The normalized spacial score (nSPS) is 11.4. The first kappa shape index (κ1) is 18.6. The van der Waals surface area contributed by atoms with Gasteiger partial charge in [-0.25, -0.2) is 4.79 Å². The van der Waals surface area contributed by atoms with Crippen molar-refractivity contribution in [2.45, 2.75) is 6.54 Å². The van der Waals surface area contributed by atoms with E-state index in [1.807, 2.05) is 10.6 Å². The lowest BCUT2D eigenvalue weighted by molar-refractivity contribution is 0.0601. The van der Waals surface area contributed by atoms with E-state index in [4.69, 9.17) is 9.47 Å². The molecule has 0 aliphatic heterocycles. The van der Waals surface area contributed by atoms with E-state index in [2.05, 4.69) is 11.6 Å². The largest absolute Gasteiger partial charge is 0.496 e. The van der Waals surface area contributed by atoms with Gasteiger partial charge in [-0.15, -0.1) is 6.58 Å². The van der Waals surface area contributed by atoms with Crippen LogP contribution in [0.3, 0.4) is 0 Å². The lowest BCUT2D eigenvalue weighted by atomic mass is 10.2. The van der Waals surface area contributed by atoms with E-state index in [9.17, 15) is 9.59 Å². The van der Waals surface area contributed by atoms with Crippen molar-refractivity contribution in [2.75, 3.05) is 14.2 Å². The molecule has 3 aromatic rings. The molecule has 3 rings (SSSR count). The number of methoxy groups -OCH3 is 2. The molecule has 0 saturated carbocycles. The van der Waals surface area contributed by atoms with Gasteiger partial charge in [0.05, 0.1) is 35.6 Å². The van der Waals surface area contributed by atoms with Crippen LogP contribution in [0.5, 0.6) is 5.75 Å². The number of hydrogen-bond donors (Lipinski definition) is 0. The lowest BCUT2D eigenvalue weighted by Gasteiger charge is -2.04. The van der Waals surface area contributed by atoms with Crippen molar-refractivity contribution >= 4 is 33.4 Å². The number of amides is 1. The molecule has 0 aliphatic carbocycles. The van der Waals surface area contributed by atoms with Crippen LogP contribution in [0.25, 0.3) is 10.2 Å². The number of allylic oxidation sites excluding steroid dienone is 1. The van der Waals surface area contributed by atoms with Crippen LogP contribution in [0.2, 0.25) is 0 Å². The summed E-state index contributed by atoms with van der Waals surface area (Å²) in [6.07, 6.45) is 1.73. The van der Waals surface area contributed by atoms with Crippen molar-refractivity contribution < 1.29 is 19.1 Å². The maximum absolute atomic E-state index is 12.7. The minimum atomic E-state index is -0.413. The highest BCUT2D eigenvalue weighted by Crippen LogP contribution is 2.21. The number of hydrogen-bond acceptors (Lipinski definition) is 5. The Bertz CT molecular complexity index is 1090. The second kappa shape index (κ2) is 8.01. The Balaban J connectivity index is 2.15. The summed E-state index contributed by atoms with van der Waals surface area (Å²) in [4.78, 5) is 29.3. The first-order chi connectivity index (χ1) is 13.1. The molecule has 1 amide bonds. The predicted octanol–water partition coefficient (Wildman–Crippen LogP) is 3.43. The van der Waals surface area contributed by atoms with E-state index < -0.39 is 11.9 Å². The number of rotatable bonds is 5. The zero-order valence-corrected chi connectivity index (χ0v) is 15.8. The van der Waals surface area contributed by atoms with Gasteiger partial charge < -0.3 is 14.0 Å². The maximum atomic E-state index is 12.7. The standard InChI is InChI=1S/C20H18N2O4S/c1-4-11-22-15-10-9-13(19(24)26-3)12-17(15)27-20(22)21-18(23)14-7-5-6-8-16(14)25-2/h4-10,12H,1,11H2,2-3H3. The van der Waals surface area contributed by atoms with E-state index in [-0.39, 0.29) is 0 Å². The number of carbonyl (C=O) groups is 2. The maximum Gasteiger partial charge on any atom is 0.337 e. The molecular formula is C20H18N2O4S. The van der Waals surface area contributed by atoms with Crippen LogP contribution in [0.4, 0.5) is 0 Å². The van der Waals surface area contributed by atoms with Crippen molar-refractivity contribution in [1.29, 1.82) is 0 Å². The number of thiazole rings is 1. The van der Waals surface area contributed by atoms with E-state index in [0.29, 0.717) is 28.2 Å². The fraction of sp³-hybridized carbons (Fsp3) is 0.150. The number of esters is 1. The van der Waals surface area contributed by atoms with Crippen LogP contribution < -0.4 is 9.54 Å². The van der Waals surface area contributed by atoms with E-state index in [1.165, 1.54) is 25.6 Å². The Kier molecular flexibility index (Phi) is 5.52. The van der Waals surface area contributed by atoms with Crippen LogP contribution in [0, 0.1) is 0 Å². The van der Waals surface area contributed by atoms with Crippen LogP contribution in [-0.2, 0) is 11.3 Å². The molecule has 0 unspecified atom stereocenters. The summed E-state index contributed by atoms with van der Waals surface area (Å²) in [7, 11) is 2.85. The number of para-hydroxylation sites is 1. The van der Waals surface area contributed by atoms with Gasteiger partial charge in [-0.1, -0.05) is 29.5 Å². The molecule has 1 aromatic heterocycles. The SMILES string of the molecule is C=CCn1c(=NC(=O)c2ccccc2OC)sc2cc(C(=O)OC)ccc21. The third kappa shape index (κ3) is 3.68. The molecule has 0 fully saturated rings. The molecule has 7 heteroatoms. The highest BCUT2D eigenvalue weighted by molar-refractivity contribution is 7.16. The van der Waals surface area contributed by atoms with Gasteiger partial charge in [0.2, 0.25) is 0 Å². The first-order valence-electron chi connectivity index (χ1n) is 8.13. The van der Waals surface area contributed by atoms with Gasteiger partial charge in [0.1, 0.15) is 5.75 Å². The molecule has 0 aliphatic rings. The molecule has 6 nitrogen and oxygen atoms in total. The molecule has 0 atom stereocenters. The highest BCUT2D eigenvalue weighted by Gasteiger charge is 2.14. The van der Waals surface area contributed by atoms with Gasteiger partial charge >= 0.3 is 5.97 Å². The molecule has 27 heavy (non-hydrogen) atoms. The van der Waals surface area contributed by atoms with Gasteiger partial charge in [-0.05, 0) is 30.3 Å². The van der Waals surface area contributed by atoms with Crippen LogP contribution in [0.15, 0.2) is 60.1 Å². The Morgan fingerprint density at radius 2 is 2.00 bits per heavy atom. The van der Waals surface area contributed by atoms with Crippen molar-refractivity contribution in [3.8, 4) is 5.75 Å². The zero-order chi connectivity index (χ0) is 19.4. The van der Waals surface area contributed by atoms with Crippen LogP contribution in [-0.4, -0.2) is 30.7 Å². The number of fused-ring (bicyclic) bond motifs is 1. The Morgan fingerprint density at radius 3 is 2.70 bits per heavy atom. The second-order valence-electron chi connectivity index (χ2n) is 5.58. The summed E-state index contributed by atoms with van der Waals surface area (Å²) in [5.41, 5.74) is 1.69. The van der Waals surface area contributed by atoms with E-state index >= 15 is 0 Å². The van der Waals surface area contributed by atoms with Gasteiger partial charge in [0, 0.05) is 6.54 Å². The van der Waals surface area contributed by atoms with Gasteiger partial charge in [0.15, 0.2) is 4.80 Å². The summed E-state index contributed by atoms with van der Waals surface area (Å²) in [5.74, 6) is -0.343. The highest BCUT2D eigenvalue weighted by atomic mass is 32.1. The summed E-state index contributed by atoms with van der Waals surface area (Å²) in [5, 5.41) is 0. The number of ether oxygens (including phenoxy) is 2. The number of nitrogens with zero attached hydrogens (tertiary/aromatic N) is 2. The monoisotopic (exact) mass is 382 g/mol. The molecular weight excluding hydrogens is 364 g/mol. The Hall–Kier alpha value is -3.19. The molecule has 138 valence electrons. The molecule has 2 aromatic carbocycles. The van der Waals surface area contributed by atoms with Crippen molar-refractivity contribution in [3.63, 3.8) is 0 Å². The number of carbonyl (C=O) groups excluding carboxylic acids is 2. The van der Waals surface area contributed by atoms with E-state index in [0.717, 1.165) is 10.2 Å². The Morgan fingerprint density at radius 1 is 1.22 bits per heavy atom. The number of aromatic nitrogens is 1. The molecule has 0 radical (unpaired) electrons. The topological polar surface area (TPSA) is 69.9 Å². The third-order valence-electron chi connectivity index (χ3n) is 3.95. The molecule has 0 N–H and O–H groups in total.